The number of hydrogen-bond acceptors (Lipinski definition) is 5. The quantitative estimate of drug-likeness (QED) is 0.692. The number of amides is 1. The number of hydrogen-bond donors (Lipinski definition) is 1. The van der Waals surface area contributed by atoms with Crippen molar-refractivity contribution >= 4 is 15.9 Å². The lowest BCUT2D eigenvalue weighted by molar-refractivity contribution is 0.0643. The first-order chi connectivity index (χ1) is 14.4. The Bertz CT molecular complexity index is 956. The molecule has 0 aliphatic carbocycles. The Balaban J connectivity index is 1.74. The lowest BCUT2D eigenvalue weighted by Crippen LogP contribution is -2.48. The topological polar surface area (TPSA) is 79.0 Å². The van der Waals surface area contributed by atoms with Crippen LogP contribution in [0.3, 0.4) is 0 Å². The van der Waals surface area contributed by atoms with Gasteiger partial charge in [-0.25, -0.2) is 13.1 Å². The van der Waals surface area contributed by atoms with Gasteiger partial charge in [-0.1, -0.05) is 37.3 Å². The van der Waals surface area contributed by atoms with Gasteiger partial charge in [-0.3, -0.25) is 4.79 Å². The molecule has 0 unspecified atom stereocenters. The molecule has 30 heavy (non-hydrogen) atoms. The fourth-order valence-electron chi connectivity index (χ4n) is 3.52. The summed E-state index contributed by atoms with van der Waals surface area (Å²) in [5.74, 6) is 0.0590. The van der Waals surface area contributed by atoms with Gasteiger partial charge in [0.15, 0.2) is 0 Å². The van der Waals surface area contributed by atoms with Crippen LogP contribution < -0.4 is 9.46 Å². The van der Waals surface area contributed by atoms with E-state index in [9.17, 15) is 13.2 Å². The molecule has 1 heterocycles. The summed E-state index contributed by atoms with van der Waals surface area (Å²) in [7, 11) is -2.41. The van der Waals surface area contributed by atoms with E-state index in [1.54, 1.807) is 17.0 Å². The number of rotatable bonds is 8. The molecule has 1 saturated heterocycles. The molecule has 3 rings (SSSR count). The third-order valence-electron chi connectivity index (χ3n) is 5.36. The molecule has 0 spiro atoms. The van der Waals surface area contributed by atoms with Gasteiger partial charge in [-0.15, -0.1) is 0 Å². The van der Waals surface area contributed by atoms with Crippen molar-refractivity contribution in [3.05, 3.63) is 59.7 Å². The maximum atomic E-state index is 12.9. The van der Waals surface area contributed by atoms with Gasteiger partial charge in [0.2, 0.25) is 10.0 Å². The van der Waals surface area contributed by atoms with Crippen molar-refractivity contribution in [2.75, 3.05) is 46.4 Å². The van der Waals surface area contributed by atoms with Gasteiger partial charge < -0.3 is 14.5 Å². The highest BCUT2D eigenvalue weighted by molar-refractivity contribution is 7.89. The number of carbonyl (C=O) groups is 1. The summed E-state index contributed by atoms with van der Waals surface area (Å²) < 4.78 is 33.7. The fraction of sp³-hybridized carbons (Fsp3) is 0.409. The lowest BCUT2D eigenvalue weighted by Gasteiger charge is -2.34. The van der Waals surface area contributed by atoms with Crippen LogP contribution in [0.2, 0.25) is 0 Å². The van der Waals surface area contributed by atoms with Crippen LogP contribution in [0.1, 0.15) is 22.8 Å². The number of ether oxygens (including phenoxy) is 1. The van der Waals surface area contributed by atoms with Crippen molar-refractivity contribution in [1.82, 2.24) is 14.5 Å². The van der Waals surface area contributed by atoms with Crippen molar-refractivity contribution in [3.8, 4) is 5.75 Å². The normalized spacial score (nSPS) is 15.2. The molecule has 1 aliphatic rings. The number of likely N-dealkylation sites (N-methyl/N-ethyl adjacent to an activating group) is 1. The van der Waals surface area contributed by atoms with Crippen LogP contribution in [0.5, 0.6) is 5.75 Å². The third kappa shape index (κ3) is 5.38. The Morgan fingerprint density at radius 2 is 1.77 bits per heavy atom. The molecule has 0 aromatic heterocycles. The summed E-state index contributed by atoms with van der Waals surface area (Å²) in [4.78, 5) is 17.0. The first kappa shape index (κ1) is 22.3. The minimum absolute atomic E-state index is 0.0175. The maximum absolute atomic E-state index is 12.9. The number of nitrogens with zero attached hydrogens (tertiary/aromatic N) is 2. The Labute approximate surface area is 178 Å². The molecule has 0 radical (unpaired) electrons. The van der Waals surface area contributed by atoms with Crippen molar-refractivity contribution in [3.63, 3.8) is 0 Å². The Morgan fingerprint density at radius 3 is 2.40 bits per heavy atom. The summed E-state index contributed by atoms with van der Waals surface area (Å²) in [5.41, 5.74) is 1.39. The van der Waals surface area contributed by atoms with Gasteiger partial charge in [0.1, 0.15) is 10.6 Å². The van der Waals surface area contributed by atoms with Gasteiger partial charge in [0, 0.05) is 38.3 Å². The second kappa shape index (κ2) is 10.1. The Kier molecular flexibility index (Phi) is 7.47. The van der Waals surface area contributed by atoms with Crippen LogP contribution in [0.25, 0.3) is 0 Å². The zero-order valence-electron chi connectivity index (χ0n) is 17.5. The lowest BCUT2D eigenvalue weighted by atomic mass is 10.1. The van der Waals surface area contributed by atoms with Gasteiger partial charge in [-0.05, 0) is 36.7 Å². The molecular weight excluding hydrogens is 402 g/mol. The molecule has 0 saturated carbocycles. The van der Waals surface area contributed by atoms with E-state index in [0.29, 0.717) is 25.1 Å². The van der Waals surface area contributed by atoms with E-state index in [2.05, 4.69) is 16.5 Å². The zero-order chi connectivity index (χ0) is 21.6. The van der Waals surface area contributed by atoms with E-state index in [4.69, 9.17) is 4.74 Å². The molecule has 1 N–H and O–H groups in total. The van der Waals surface area contributed by atoms with Crippen molar-refractivity contribution in [2.45, 2.75) is 18.2 Å². The molecule has 0 atom stereocenters. The van der Waals surface area contributed by atoms with E-state index in [-0.39, 0.29) is 23.1 Å². The summed E-state index contributed by atoms with van der Waals surface area (Å²) >= 11 is 0. The second-order valence-electron chi connectivity index (χ2n) is 7.23. The van der Waals surface area contributed by atoms with Crippen molar-refractivity contribution in [2.24, 2.45) is 0 Å². The predicted molar refractivity (Wildman–Crippen MR) is 116 cm³/mol. The van der Waals surface area contributed by atoms with Crippen molar-refractivity contribution in [1.29, 1.82) is 0 Å². The molecule has 0 bridgehead atoms. The molecule has 2 aromatic carbocycles. The number of methoxy groups -OCH3 is 1. The van der Waals surface area contributed by atoms with E-state index in [0.717, 1.165) is 25.2 Å². The summed E-state index contributed by atoms with van der Waals surface area (Å²) in [6, 6.07) is 14.2. The number of piperazine rings is 1. The summed E-state index contributed by atoms with van der Waals surface area (Å²) in [6.45, 7) is 6.23. The molecule has 1 aliphatic heterocycles. The minimum atomic E-state index is -3.83. The van der Waals surface area contributed by atoms with Crippen LogP contribution in [0.4, 0.5) is 0 Å². The monoisotopic (exact) mass is 431 g/mol. The highest BCUT2D eigenvalue weighted by Crippen LogP contribution is 2.25. The average Bonchev–Trinajstić information content (AvgIpc) is 2.79. The summed E-state index contributed by atoms with van der Waals surface area (Å²) in [6.07, 6.45) is 0.572. The fourth-order valence-corrected chi connectivity index (χ4v) is 4.75. The number of benzene rings is 2. The van der Waals surface area contributed by atoms with E-state index in [1.807, 2.05) is 30.3 Å². The first-order valence-electron chi connectivity index (χ1n) is 10.2. The zero-order valence-corrected chi connectivity index (χ0v) is 18.3. The predicted octanol–water partition coefficient (Wildman–Crippen LogP) is 1.99. The van der Waals surface area contributed by atoms with Crippen LogP contribution in [-0.2, 0) is 16.4 Å². The largest absolute Gasteiger partial charge is 0.495 e. The van der Waals surface area contributed by atoms with E-state index in [1.165, 1.54) is 13.2 Å². The van der Waals surface area contributed by atoms with Gasteiger partial charge in [-0.2, -0.15) is 0 Å². The minimum Gasteiger partial charge on any atom is -0.495 e. The van der Waals surface area contributed by atoms with E-state index < -0.39 is 10.0 Å². The Hall–Kier alpha value is -2.42. The number of carbonyl (C=O) groups excluding carboxylic acids is 1. The van der Waals surface area contributed by atoms with Crippen LogP contribution in [0.15, 0.2) is 53.4 Å². The molecular formula is C22H29N3O4S. The first-order valence-corrected chi connectivity index (χ1v) is 11.7. The number of sulfonamides is 1. The highest BCUT2D eigenvalue weighted by Gasteiger charge is 2.25. The SMILES string of the molecule is CCN1CCN(C(=O)c2ccc(OC)c(S(=O)(=O)NCCc3ccccc3)c2)CC1. The van der Waals surface area contributed by atoms with Crippen LogP contribution >= 0.6 is 0 Å². The smallest absolute Gasteiger partial charge is 0.253 e. The molecule has 2 aromatic rings. The maximum Gasteiger partial charge on any atom is 0.253 e. The molecule has 162 valence electrons. The average molecular weight is 432 g/mol. The van der Waals surface area contributed by atoms with Gasteiger partial charge in [0.05, 0.1) is 7.11 Å². The highest BCUT2D eigenvalue weighted by atomic mass is 32.2. The van der Waals surface area contributed by atoms with Crippen LogP contribution in [-0.4, -0.2) is 70.5 Å². The second-order valence-corrected chi connectivity index (χ2v) is 8.96. The molecule has 1 amide bonds. The van der Waals surface area contributed by atoms with Crippen molar-refractivity contribution < 1.29 is 17.9 Å². The van der Waals surface area contributed by atoms with Gasteiger partial charge >= 0.3 is 0 Å². The van der Waals surface area contributed by atoms with E-state index >= 15 is 0 Å². The Morgan fingerprint density at radius 1 is 1.07 bits per heavy atom. The van der Waals surface area contributed by atoms with Gasteiger partial charge in [0.25, 0.3) is 5.91 Å². The summed E-state index contributed by atoms with van der Waals surface area (Å²) in [5, 5.41) is 0. The molecule has 8 heteroatoms. The third-order valence-corrected chi connectivity index (χ3v) is 6.84. The molecule has 1 fully saturated rings. The standard InChI is InChI=1S/C22H29N3O4S/c1-3-24-13-15-25(16-14-24)22(26)19-9-10-20(29-2)21(17-19)30(27,28)23-12-11-18-7-5-4-6-8-18/h4-10,17,23H,3,11-16H2,1-2H3. The number of nitrogens with one attached hydrogen (secondary N) is 1. The van der Waals surface area contributed by atoms with Crippen LogP contribution in [0, 0.1) is 0 Å². The molecule has 7 nitrogen and oxygen atoms in total.